The van der Waals surface area contributed by atoms with E-state index in [2.05, 4.69) is 15.3 Å². The Morgan fingerprint density at radius 3 is 2.58 bits per heavy atom. The van der Waals surface area contributed by atoms with Gasteiger partial charge in [-0.15, -0.1) is 0 Å². The number of benzene rings is 2. The van der Waals surface area contributed by atoms with Crippen molar-refractivity contribution < 1.29 is 13.9 Å². The monoisotopic (exact) mass is 465 g/mol. The van der Waals surface area contributed by atoms with Crippen molar-refractivity contribution >= 4 is 23.5 Å². The number of aromatic amines is 1. The molecule has 2 heterocycles. The number of anilines is 1. The highest BCUT2D eigenvalue weighted by molar-refractivity contribution is 7.98. The lowest BCUT2D eigenvalue weighted by Crippen LogP contribution is -2.31. The molecule has 3 aromatic rings. The Balaban J connectivity index is 1.76. The number of aryl methyl sites for hydroxylation is 1. The third-order valence-corrected chi connectivity index (χ3v) is 6.37. The van der Waals surface area contributed by atoms with Crippen LogP contribution < -0.4 is 10.9 Å². The van der Waals surface area contributed by atoms with E-state index in [4.69, 9.17) is 4.74 Å². The molecule has 33 heavy (non-hydrogen) atoms. The van der Waals surface area contributed by atoms with Gasteiger partial charge in [-0.25, -0.2) is 14.2 Å². The van der Waals surface area contributed by atoms with Gasteiger partial charge in [-0.3, -0.25) is 4.79 Å². The highest BCUT2D eigenvalue weighted by Gasteiger charge is 2.36. The van der Waals surface area contributed by atoms with Gasteiger partial charge < -0.3 is 15.0 Å². The van der Waals surface area contributed by atoms with Gasteiger partial charge in [-0.1, -0.05) is 59.8 Å². The number of hydrogen-bond donors (Lipinski definition) is 2. The SMILES string of the molecule is CCOC(=O)C1=C(C)Nc2nc(SCc3ccccc3F)[nH]c(=O)c2C1c1ccc(C)cc1. The van der Waals surface area contributed by atoms with E-state index < -0.39 is 11.9 Å². The lowest BCUT2D eigenvalue weighted by molar-refractivity contribution is -0.138. The van der Waals surface area contributed by atoms with Crippen LogP contribution in [0.25, 0.3) is 0 Å². The van der Waals surface area contributed by atoms with Crippen LogP contribution in [0, 0.1) is 12.7 Å². The minimum absolute atomic E-state index is 0.226. The van der Waals surface area contributed by atoms with E-state index >= 15 is 0 Å². The van der Waals surface area contributed by atoms with Gasteiger partial charge in [0.2, 0.25) is 0 Å². The van der Waals surface area contributed by atoms with Crippen molar-refractivity contribution in [2.24, 2.45) is 0 Å². The molecule has 170 valence electrons. The fraction of sp³-hybridized carbons (Fsp3) is 0.240. The van der Waals surface area contributed by atoms with Gasteiger partial charge in [0, 0.05) is 11.4 Å². The first-order chi connectivity index (χ1) is 15.9. The highest BCUT2D eigenvalue weighted by Crippen LogP contribution is 2.40. The Kier molecular flexibility index (Phi) is 6.65. The summed E-state index contributed by atoms with van der Waals surface area (Å²) in [4.78, 5) is 33.5. The molecule has 0 bridgehead atoms. The maximum atomic E-state index is 14.0. The fourth-order valence-electron chi connectivity index (χ4n) is 3.83. The van der Waals surface area contributed by atoms with Crippen LogP contribution in [0.2, 0.25) is 0 Å². The van der Waals surface area contributed by atoms with E-state index in [-0.39, 0.29) is 18.0 Å². The molecule has 1 aliphatic rings. The lowest BCUT2D eigenvalue weighted by Gasteiger charge is -2.28. The Morgan fingerprint density at radius 1 is 1.15 bits per heavy atom. The first-order valence-corrected chi connectivity index (χ1v) is 11.6. The average Bonchev–Trinajstić information content (AvgIpc) is 2.78. The molecule has 0 saturated carbocycles. The molecule has 0 amide bonds. The number of carbonyl (C=O) groups excluding carboxylic acids is 1. The Hall–Kier alpha value is -3.39. The normalized spacial score (nSPS) is 15.1. The van der Waals surface area contributed by atoms with Crippen LogP contribution in [-0.4, -0.2) is 22.5 Å². The van der Waals surface area contributed by atoms with Crippen LogP contribution >= 0.6 is 11.8 Å². The number of halogens is 1. The number of nitrogens with one attached hydrogen (secondary N) is 2. The van der Waals surface area contributed by atoms with Crippen LogP contribution in [-0.2, 0) is 15.3 Å². The zero-order valence-corrected chi connectivity index (χ0v) is 19.4. The summed E-state index contributed by atoms with van der Waals surface area (Å²) in [7, 11) is 0. The van der Waals surface area contributed by atoms with Gasteiger partial charge >= 0.3 is 5.97 Å². The van der Waals surface area contributed by atoms with E-state index in [1.165, 1.54) is 17.8 Å². The molecule has 1 unspecified atom stereocenters. The van der Waals surface area contributed by atoms with Crippen LogP contribution in [0.5, 0.6) is 0 Å². The number of carbonyl (C=O) groups is 1. The molecule has 4 rings (SSSR count). The van der Waals surface area contributed by atoms with Crippen molar-refractivity contribution in [3.63, 3.8) is 0 Å². The first-order valence-electron chi connectivity index (χ1n) is 10.6. The lowest BCUT2D eigenvalue weighted by atomic mass is 9.82. The molecule has 1 aliphatic heterocycles. The molecular formula is C25H24FN3O3S. The third-order valence-electron chi connectivity index (χ3n) is 5.45. The zero-order chi connectivity index (χ0) is 23.5. The molecule has 0 saturated heterocycles. The smallest absolute Gasteiger partial charge is 0.336 e. The van der Waals surface area contributed by atoms with Crippen molar-refractivity contribution in [3.8, 4) is 0 Å². The summed E-state index contributed by atoms with van der Waals surface area (Å²) in [5.74, 6) is -0.705. The van der Waals surface area contributed by atoms with E-state index in [0.29, 0.717) is 39.1 Å². The van der Waals surface area contributed by atoms with Gasteiger partial charge in [-0.2, -0.15) is 0 Å². The Labute approximate surface area is 195 Å². The van der Waals surface area contributed by atoms with Crippen molar-refractivity contribution in [1.29, 1.82) is 0 Å². The number of thioether (sulfide) groups is 1. The largest absolute Gasteiger partial charge is 0.463 e. The summed E-state index contributed by atoms with van der Waals surface area (Å²) in [6, 6.07) is 14.2. The van der Waals surface area contributed by atoms with Crippen molar-refractivity contribution in [1.82, 2.24) is 9.97 Å². The van der Waals surface area contributed by atoms with Crippen molar-refractivity contribution in [3.05, 3.63) is 98.2 Å². The van der Waals surface area contributed by atoms with Crippen LogP contribution in [0.4, 0.5) is 10.2 Å². The summed E-state index contributed by atoms with van der Waals surface area (Å²) in [5, 5.41) is 3.48. The Bertz CT molecular complexity index is 1280. The van der Waals surface area contributed by atoms with Gasteiger partial charge in [0.25, 0.3) is 5.56 Å². The van der Waals surface area contributed by atoms with Gasteiger partial charge in [0.15, 0.2) is 5.16 Å². The molecule has 0 fully saturated rings. The number of nitrogens with zero attached hydrogens (tertiary/aromatic N) is 1. The van der Waals surface area contributed by atoms with Crippen molar-refractivity contribution in [2.45, 2.75) is 37.6 Å². The molecule has 0 aliphatic carbocycles. The van der Waals surface area contributed by atoms with Crippen LogP contribution in [0.15, 0.2) is 69.8 Å². The molecule has 8 heteroatoms. The number of rotatable bonds is 6. The summed E-state index contributed by atoms with van der Waals surface area (Å²) in [6.45, 7) is 5.71. The van der Waals surface area contributed by atoms with Gasteiger partial charge in [-0.05, 0) is 38.0 Å². The highest BCUT2D eigenvalue weighted by atomic mass is 32.2. The second-order valence-electron chi connectivity index (χ2n) is 7.74. The standard InChI is InChI=1S/C25H24FN3O3S/c1-4-32-24(31)19-15(3)27-22-21(20(19)16-11-9-14(2)10-12-16)23(30)29-25(28-22)33-13-17-7-5-6-8-18(17)26/h5-12,20H,4,13H2,1-3H3,(H2,27,28,29,30). The fourth-order valence-corrected chi connectivity index (χ4v) is 4.68. The second-order valence-corrected chi connectivity index (χ2v) is 8.71. The maximum absolute atomic E-state index is 14.0. The summed E-state index contributed by atoms with van der Waals surface area (Å²) in [5.41, 5.74) is 3.34. The Morgan fingerprint density at radius 2 is 1.88 bits per heavy atom. The van der Waals surface area contributed by atoms with E-state index in [1.807, 2.05) is 31.2 Å². The van der Waals surface area contributed by atoms with E-state index in [9.17, 15) is 14.0 Å². The van der Waals surface area contributed by atoms with Gasteiger partial charge in [0.05, 0.1) is 23.7 Å². The van der Waals surface area contributed by atoms with Crippen LogP contribution in [0.3, 0.4) is 0 Å². The molecule has 1 atom stereocenters. The second kappa shape index (κ2) is 9.62. The number of fused-ring (bicyclic) bond motifs is 1. The van der Waals surface area contributed by atoms with Crippen molar-refractivity contribution in [2.75, 3.05) is 11.9 Å². The van der Waals surface area contributed by atoms with Crippen LogP contribution in [0.1, 0.15) is 42.0 Å². The quantitative estimate of drug-likeness (QED) is 0.306. The average molecular weight is 466 g/mol. The molecule has 2 aromatic carbocycles. The minimum Gasteiger partial charge on any atom is -0.463 e. The van der Waals surface area contributed by atoms with E-state index in [1.54, 1.807) is 32.0 Å². The third kappa shape index (κ3) is 4.71. The minimum atomic E-state index is -0.622. The number of aromatic nitrogens is 2. The zero-order valence-electron chi connectivity index (χ0n) is 18.6. The molecular weight excluding hydrogens is 441 g/mol. The summed E-state index contributed by atoms with van der Waals surface area (Å²) < 4.78 is 19.3. The number of allylic oxidation sites excluding steroid dienone is 1. The van der Waals surface area contributed by atoms with E-state index in [0.717, 1.165) is 11.1 Å². The molecule has 1 aromatic heterocycles. The summed E-state index contributed by atoms with van der Waals surface area (Å²) >= 11 is 1.24. The number of esters is 1. The number of ether oxygens (including phenoxy) is 1. The molecule has 2 N–H and O–H groups in total. The molecule has 0 spiro atoms. The predicted molar refractivity (Wildman–Crippen MR) is 127 cm³/mol. The molecule has 0 radical (unpaired) electrons. The maximum Gasteiger partial charge on any atom is 0.336 e. The summed E-state index contributed by atoms with van der Waals surface area (Å²) in [6.07, 6.45) is 0. The topological polar surface area (TPSA) is 84.1 Å². The molecule has 6 nitrogen and oxygen atoms in total. The number of H-pyrrole nitrogens is 1. The first kappa shape index (κ1) is 22.8. The number of hydrogen-bond acceptors (Lipinski definition) is 6. The predicted octanol–water partition coefficient (Wildman–Crippen LogP) is 4.90. The van der Waals surface area contributed by atoms with Gasteiger partial charge in [0.1, 0.15) is 11.6 Å².